The maximum atomic E-state index is 12.1. The number of para-hydroxylation sites is 1. The van der Waals surface area contributed by atoms with Gasteiger partial charge in [0.05, 0.1) is 5.56 Å². The van der Waals surface area contributed by atoms with Gasteiger partial charge in [0.2, 0.25) is 0 Å². The summed E-state index contributed by atoms with van der Waals surface area (Å²) < 4.78 is 0. The minimum atomic E-state index is 0.0310. The van der Waals surface area contributed by atoms with E-state index in [0.717, 1.165) is 24.3 Å². The lowest BCUT2D eigenvalue weighted by Gasteiger charge is -2.13. The van der Waals surface area contributed by atoms with Gasteiger partial charge in [-0.3, -0.25) is 4.79 Å². The molecule has 1 unspecified atom stereocenters. The number of benzene rings is 1. The van der Waals surface area contributed by atoms with E-state index in [-0.39, 0.29) is 5.91 Å². The number of carbonyl (C=O) groups excluding carboxylic acids is 1. The van der Waals surface area contributed by atoms with Crippen molar-refractivity contribution >= 4 is 23.4 Å². The standard InChI is InChI=1S/C14H20N2OS/c1-2-15-13-6-4-3-5-12(13)14(17)16-9-11-7-8-18-10-11/h3-6,11,15H,2,7-10H2,1H3,(H,16,17). The van der Waals surface area contributed by atoms with Crippen LogP contribution in [0.25, 0.3) is 0 Å². The van der Waals surface area contributed by atoms with E-state index in [2.05, 4.69) is 10.6 Å². The molecular weight excluding hydrogens is 244 g/mol. The number of carbonyl (C=O) groups is 1. The molecule has 0 radical (unpaired) electrons. The molecule has 1 amide bonds. The van der Waals surface area contributed by atoms with Crippen LogP contribution in [0.2, 0.25) is 0 Å². The van der Waals surface area contributed by atoms with Crippen molar-refractivity contribution in [2.75, 3.05) is 29.9 Å². The van der Waals surface area contributed by atoms with Crippen LogP contribution in [-0.2, 0) is 0 Å². The fourth-order valence-electron chi connectivity index (χ4n) is 2.10. The molecule has 98 valence electrons. The summed E-state index contributed by atoms with van der Waals surface area (Å²) >= 11 is 1.98. The zero-order valence-corrected chi connectivity index (χ0v) is 11.6. The Kier molecular flexibility index (Phi) is 4.93. The number of nitrogens with one attached hydrogen (secondary N) is 2. The van der Waals surface area contributed by atoms with Gasteiger partial charge in [0, 0.05) is 18.8 Å². The Morgan fingerprint density at radius 1 is 1.44 bits per heavy atom. The molecule has 2 rings (SSSR count). The minimum absolute atomic E-state index is 0.0310. The Labute approximate surface area is 113 Å². The number of hydrogen-bond acceptors (Lipinski definition) is 3. The van der Waals surface area contributed by atoms with Gasteiger partial charge in [-0.05, 0) is 42.9 Å². The van der Waals surface area contributed by atoms with E-state index in [1.807, 2.05) is 43.0 Å². The molecule has 0 saturated carbocycles. The molecule has 0 bridgehead atoms. The van der Waals surface area contributed by atoms with E-state index in [4.69, 9.17) is 0 Å². The second kappa shape index (κ2) is 6.69. The van der Waals surface area contributed by atoms with E-state index in [1.54, 1.807) is 0 Å². The van der Waals surface area contributed by atoms with Crippen LogP contribution in [0.4, 0.5) is 5.69 Å². The lowest BCUT2D eigenvalue weighted by molar-refractivity contribution is 0.0949. The highest BCUT2D eigenvalue weighted by atomic mass is 32.2. The van der Waals surface area contributed by atoms with Gasteiger partial charge in [-0.15, -0.1) is 0 Å². The highest BCUT2D eigenvalue weighted by molar-refractivity contribution is 7.99. The second-order valence-corrected chi connectivity index (χ2v) is 5.67. The Hall–Kier alpha value is -1.16. The zero-order valence-electron chi connectivity index (χ0n) is 10.7. The summed E-state index contributed by atoms with van der Waals surface area (Å²) in [7, 11) is 0. The van der Waals surface area contributed by atoms with Gasteiger partial charge in [-0.2, -0.15) is 11.8 Å². The summed E-state index contributed by atoms with van der Waals surface area (Å²) in [5.41, 5.74) is 1.66. The van der Waals surface area contributed by atoms with E-state index in [0.29, 0.717) is 5.92 Å². The highest BCUT2D eigenvalue weighted by Crippen LogP contribution is 2.22. The monoisotopic (exact) mass is 264 g/mol. The molecule has 1 heterocycles. The first kappa shape index (κ1) is 13.3. The van der Waals surface area contributed by atoms with Crippen molar-refractivity contribution in [1.29, 1.82) is 0 Å². The van der Waals surface area contributed by atoms with Crippen molar-refractivity contribution in [3.8, 4) is 0 Å². The molecule has 1 atom stereocenters. The number of thioether (sulfide) groups is 1. The highest BCUT2D eigenvalue weighted by Gasteiger charge is 2.17. The van der Waals surface area contributed by atoms with Crippen molar-refractivity contribution in [3.05, 3.63) is 29.8 Å². The van der Waals surface area contributed by atoms with Crippen LogP contribution in [-0.4, -0.2) is 30.5 Å². The van der Waals surface area contributed by atoms with Gasteiger partial charge in [0.15, 0.2) is 0 Å². The predicted molar refractivity (Wildman–Crippen MR) is 78.4 cm³/mol. The Bertz CT molecular complexity index is 403. The van der Waals surface area contributed by atoms with Crippen molar-refractivity contribution in [2.45, 2.75) is 13.3 Å². The van der Waals surface area contributed by atoms with E-state index >= 15 is 0 Å². The third kappa shape index (κ3) is 3.42. The van der Waals surface area contributed by atoms with Gasteiger partial charge in [0.25, 0.3) is 5.91 Å². The fraction of sp³-hybridized carbons (Fsp3) is 0.500. The molecule has 2 N–H and O–H groups in total. The smallest absolute Gasteiger partial charge is 0.253 e. The van der Waals surface area contributed by atoms with Crippen LogP contribution in [0, 0.1) is 5.92 Å². The van der Waals surface area contributed by atoms with Crippen LogP contribution in [0.5, 0.6) is 0 Å². The quantitative estimate of drug-likeness (QED) is 0.859. The van der Waals surface area contributed by atoms with E-state index in [1.165, 1.54) is 17.9 Å². The first-order chi connectivity index (χ1) is 8.81. The first-order valence-electron chi connectivity index (χ1n) is 6.50. The SMILES string of the molecule is CCNc1ccccc1C(=O)NCC1CCSC1. The largest absolute Gasteiger partial charge is 0.385 e. The second-order valence-electron chi connectivity index (χ2n) is 4.52. The number of hydrogen-bond donors (Lipinski definition) is 2. The van der Waals surface area contributed by atoms with Gasteiger partial charge in [-0.1, -0.05) is 12.1 Å². The number of rotatable bonds is 5. The molecule has 1 aliphatic heterocycles. The molecule has 18 heavy (non-hydrogen) atoms. The first-order valence-corrected chi connectivity index (χ1v) is 7.65. The summed E-state index contributed by atoms with van der Waals surface area (Å²) in [6, 6.07) is 7.67. The van der Waals surface area contributed by atoms with Crippen LogP contribution >= 0.6 is 11.8 Å². The van der Waals surface area contributed by atoms with Crippen molar-refractivity contribution in [3.63, 3.8) is 0 Å². The molecule has 0 aliphatic carbocycles. The Morgan fingerprint density at radius 3 is 3.00 bits per heavy atom. The van der Waals surface area contributed by atoms with Crippen LogP contribution in [0.3, 0.4) is 0 Å². The van der Waals surface area contributed by atoms with Gasteiger partial charge < -0.3 is 10.6 Å². The van der Waals surface area contributed by atoms with Crippen LogP contribution < -0.4 is 10.6 Å². The number of anilines is 1. The molecule has 1 aromatic rings. The van der Waals surface area contributed by atoms with Gasteiger partial charge in [-0.25, -0.2) is 0 Å². The van der Waals surface area contributed by atoms with Gasteiger partial charge >= 0.3 is 0 Å². The maximum absolute atomic E-state index is 12.1. The van der Waals surface area contributed by atoms with E-state index < -0.39 is 0 Å². The predicted octanol–water partition coefficient (Wildman–Crippen LogP) is 2.60. The van der Waals surface area contributed by atoms with Crippen molar-refractivity contribution in [1.82, 2.24) is 5.32 Å². The van der Waals surface area contributed by atoms with E-state index in [9.17, 15) is 4.79 Å². The number of amides is 1. The average molecular weight is 264 g/mol. The summed E-state index contributed by atoms with van der Waals surface area (Å²) in [6.07, 6.45) is 1.22. The lowest BCUT2D eigenvalue weighted by atomic mass is 10.1. The normalized spacial score (nSPS) is 18.6. The molecule has 1 aromatic carbocycles. The molecule has 1 saturated heterocycles. The van der Waals surface area contributed by atoms with Crippen LogP contribution in [0.1, 0.15) is 23.7 Å². The van der Waals surface area contributed by atoms with Crippen molar-refractivity contribution in [2.24, 2.45) is 5.92 Å². The Morgan fingerprint density at radius 2 is 2.28 bits per heavy atom. The van der Waals surface area contributed by atoms with Gasteiger partial charge in [0.1, 0.15) is 0 Å². The minimum Gasteiger partial charge on any atom is -0.385 e. The molecule has 4 heteroatoms. The summed E-state index contributed by atoms with van der Waals surface area (Å²) in [5, 5.41) is 6.27. The molecule has 0 aromatic heterocycles. The third-order valence-electron chi connectivity index (χ3n) is 3.11. The average Bonchev–Trinajstić information content (AvgIpc) is 2.90. The molecule has 0 spiro atoms. The Balaban J connectivity index is 1.94. The summed E-state index contributed by atoms with van der Waals surface area (Å²) in [5.74, 6) is 3.08. The summed E-state index contributed by atoms with van der Waals surface area (Å²) in [6.45, 7) is 3.65. The zero-order chi connectivity index (χ0) is 12.8. The fourth-order valence-corrected chi connectivity index (χ4v) is 3.39. The van der Waals surface area contributed by atoms with Crippen LogP contribution in [0.15, 0.2) is 24.3 Å². The third-order valence-corrected chi connectivity index (χ3v) is 4.35. The molecular formula is C14H20N2OS. The van der Waals surface area contributed by atoms with Crippen molar-refractivity contribution < 1.29 is 4.79 Å². The summed E-state index contributed by atoms with van der Waals surface area (Å²) in [4.78, 5) is 12.1. The molecule has 1 aliphatic rings. The topological polar surface area (TPSA) is 41.1 Å². The molecule has 1 fully saturated rings. The maximum Gasteiger partial charge on any atom is 0.253 e. The molecule has 3 nitrogen and oxygen atoms in total. The lowest BCUT2D eigenvalue weighted by Crippen LogP contribution is -2.29.